The second-order valence-corrected chi connectivity index (χ2v) is 8.99. The van der Waals surface area contributed by atoms with Gasteiger partial charge < -0.3 is 20.8 Å². The van der Waals surface area contributed by atoms with Crippen molar-refractivity contribution in [2.45, 2.75) is 23.0 Å². The molecule has 3 heterocycles. The van der Waals surface area contributed by atoms with Crippen LogP contribution in [0.1, 0.15) is 24.3 Å². The van der Waals surface area contributed by atoms with E-state index in [2.05, 4.69) is 16.0 Å². The average molecular weight is 390 g/mol. The Morgan fingerprint density at radius 2 is 2.04 bits per heavy atom. The molecule has 3 aromatic heterocycles. The highest BCUT2D eigenvalue weighted by Gasteiger charge is 2.31. The van der Waals surface area contributed by atoms with Crippen molar-refractivity contribution >= 4 is 44.4 Å². The van der Waals surface area contributed by atoms with Crippen LogP contribution in [0.15, 0.2) is 22.7 Å². The molecule has 4 N–H and O–H groups in total. The summed E-state index contributed by atoms with van der Waals surface area (Å²) in [5.41, 5.74) is 15.3. The second-order valence-electron chi connectivity index (χ2n) is 6.23. The van der Waals surface area contributed by atoms with Gasteiger partial charge in [-0.3, -0.25) is 0 Å². The van der Waals surface area contributed by atoms with Crippen molar-refractivity contribution in [1.82, 2.24) is 15.0 Å². The number of nitrogens with zero attached hydrogens (tertiary/aromatic N) is 3. The molecule has 0 bridgehead atoms. The third-order valence-corrected chi connectivity index (χ3v) is 7.23. The largest absolute Gasteiger partial charge is 0.611 e. The fourth-order valence-electron chi connectivity index (χ4n) is 2.89. The Morgan fingerprint density at radius 3 is 2.69 bits per heavy atom. The van der Waals surface area contributed by atoms with Gasteiger partial charge in [-0.15, -0.1) is 0 Å². The van der Waals surface area contributed by atoms with Crippen molar-refractivity contribution in [3.63, 3.8) is 0 Å². The van der Waals surface area contributed by atoms with Crippen LogP contribution < -0.4 is 11.5 Å². The van der Waals surface area contributed by atoms with Gasteiger partial charge in [0.05, 0.1) is 12.3 Å². The topological polar surface area (TPSA) is 123 Å². The Kier molecular flexibility index (Phi) is 4.70. The van der Waals surface area contributed by atoms with E-state index in [4.69, 9.17) is 21.2 Å². The summed E-state index contributed by atoms with van der Waals surface area (Å²) in [5, 5.41) is 0.943. The molecule has 0 saturated heterocycles. The van der Waals surface area contributed by atoms with Crippen LogP contribution in [0.5, 0.6) is 0 Å². The van der Waals surface area contributed by atoms with E-state index < -0.39 is 11.2 Å². The first kappa shape index (κ1) is 17.5. The SMILES string of the molecule is COCC[S@+]([O-])c1sc2nc(-c3cnc(N)nc3)cc(C3CC3)c2c1N. The van der Waals surface area contributed by atoms with Crippen LogP contribution in [0.25, 0.3) is 21.5 Å². The quantitative estimate of drug-likeness (QED) is 0.621. The molecule has 7 nitrogen and oxygen atoms in total. The van der Waals surface area contributed by atoms with Crippen molar-refractivity contribution in [2.24, 2.45) is 0 Å². The van der Waals surface area contributed by atoms with E-state index in [-0.39, 0.29) is 5.95 Å². The van der Waals surface area contributed by atoms with E-state index in [1.807, 2.05) is 0 Å². The Morgan fingerprint density at radius 1 is 1.31 bits per heavy atom. The van der Waals surface area contributed by atoms with Gasteiger partial charge in [0, 0.05) is 41.6 Å². The summed E-state index contributed by atoms with van der Waals surface area (Å²) in [4.78, 5) is 13.7. The van der Waals surface area contributed by atoms with E-state index in [9.17, 15) is 4.55 Å². The molecule has 0 unspecified atom stereocenters. The monoisotopic (exact) mass is 389 g/mol. The molecule has 136 valence electrons. The fourth-order valence-corrected chi connectivity index (χ4v) is 5.46. The minimum absolute atomic E-state index is 0.230. The zero-order chi connectivity index (χ0) is 18.3. The van der Waals surface area contributed by atoms with E-state index in [0.717, 1.165) is 34.3 Å². The molecule has 1 aliphatic carbocycles. The molecule has 1 saturated carbocycles. The summed E-state index contributed by atoms with van der Waals surface area (Å²) in [6.45, 7) is 0.428. The Hall–Kier alpha value is -1.94. The van der Waals surface area contributed by atoms with Crippen LogP contribution in [-0.4, -0.2) is 39.0 Å². The van der Waals surface area contributed by atoms with E-state index in [1.165, 1.54) is 16.9 Å². The van der Waals surface area contributed by atoms with Gasteiger partial charge >= 0.3 is 0 Å². The van der Waals surface area contributed by atoms with Gasteiger partial charge in [-0.1, -0.05) is 11.3 Å². The van der Waals surface area contributed by atoms with Crippen LogP contribution in [-0.2, 0) is 15.9 Å². The molecule has 4 rings (SSSR count). The molecule has 26 heavy (non-hydrogen) atoms. The number of anilines is 2. The predicted octanol–water partition coefficient (Wildman–Crippen LogP) is 2.55. The van der Waals surface area contributed by atoms with Crippen LogP contribution in [0.2, 0.25) is 0 Å². The van der Waals surface area contributed by atoms with Crippen LogP contribution >= 0.6 is 11.3 Å². The number of rotatable bonds is 6. The standard InChI is InChI=1S/C17H19N5O2S2/c1-24-4-5-26(23)16-14(18)13-11(9-2-3-9)6-12(22-15(13)25-16)10-7-20-17(19)21-8-10/h6-9H,2-5,18H2,1H3,(H2,19,20,21)/t26-/m0/s1. The van der Waals surface area contributed by atoms with Crippen molar-refractivity contribution in [3.05, 3.63) is 24.0 Å². The maximum absolute atomic E-state index is 12.6. The number of hydrogen-bond donors (Lipinski definition) is 2. The van der Waals surface area contributed by atoms with E-state index in [1.54, 1.807) is 19.5 Å². The fraction of sp³-hybridized carbons (Fsp3) is 0.353. The molecule has 0 aliphatic heterocycles. The molecule has 0 spiro atoms. The van der Waals surface area contributed by atoms with Crippen molar-refractivity contribution in [2.75, 3.05) is 30.9 Å². The number of hydrogen-bond acceptors (Lipinski definition) is 8. The molecule has 3 aromatic rings. The normalized spacial score (nSPS) is 15.5. The summed E-state index contributed by atoms with van der Waals surface area (Å²) >= 11 is 0.201. The summed E-state index contributed by atoms with van der Waals surface area (Å²) in [6.07, 6.45) is 5.60. The van der Waals surface area contributed by atoms with Gasteiger partial charge in [0.2, 0.25) is 10.2 Å². The number of fused-ring (bicyclic) bond motifs is 1. The molecule has 0 amide bonds. The summed E-state index contributed by atoms with van der Waals surface area (Å²) in [5.74, 6) is 1.13. The van der Waals surface area contributed by atoms with E-state index in [0.29, 0.717) is 28.2 Å². The van der Waals surface area contributed by atoms with Crippen LogP contribution in [0.4, 0.5) is 11.6 Å². The molecular formula is C17H19N5O2S2. The summed E-state index contributed by atoms with van der Waals surface area (Å²) < 4.78 is 18.3. The Balaban J connectivity index is 1.83. The Labute approximate surface area is 158 Å². The number of aromatic nitrogens is 3. The predicted molar refractivity (Wildman–Crippen MR) is 105 cm³/mol. The molecule has 0 aromatic carbocycles. The van der Waals surface area contributed by atoms with Crippen molar-refractivity contribution < 1.29 is 9.29 Å². The smallest absolute Gasteiger partial charge is 0.232 e. The van der Waals surface area contributed by atoms with Crippen molar-refractivity contribution in [3.8, 4) is 11.3 Å². The Bertz CT molecular complexity index is 940. The molecule has 1 atom stereocenters. The lowest BCUT2D eigenvalue weighted by molar-refractivity contribution is 0.217. The highest BCUT2D eigenvalue weighted by Crippen LogP contribution is 2.48. The maximum Gasteiger partial charge on any atom is 0.232 e. The number of pyridine rings is 1. The van der Waals surface area contributed by atoms with Crippen molar-refractivity contribution in [1.29, 1.82) is 0 Å². The average Bonchev–Trinajstić information content (AvgIpc) is 3.43. The third-order valence-electron chi connectivity index (χ3n) is 4.36. The number of nitrogens with two attached hydrogens (primary N) is 2. The summed E-state index contributed by atoms with van der Waals surface area (Å²) in [7, 11) is 1.60. The van der Waals surface area contributed by atoms with Gasteiger partial charge in [-0.05, 0) is 30.4 Å². The number of nitrogen functional groups attached to an aromatic ring is 2. The zero-order valence-electron chi connectivity index (χ0n) is 14.3. The minimum atomic E-state index is -1.20. The first-order chi connectivity index (χ1) is 12.6. The molecule has 1 fully saturated rings. The number of thiophene rings is 1. The lowest BCUT2D eigenvalue weighted by Gasteiger charge is -2.08. The first-order valence-electron chi connectivity index (χ1n) is 8.26. The van der Waals surface area contributed by atoms with Crippen LogP contribution in [0.3, 0.4) is 0 Å². The lowest BCUT2D eigenvalue weighted by Crippen LogP contribution is -2.11. The highest BCUT2D eigenvalue weighted by molar-refractivity contribution is 7.93. The zero-order valence-corrected chi connectivity index (χ0v) is 15.9. The molecule has 1 aliphatic rings. The van der Waals surface area contributed by atoms with Gasteiger partial charge in [0.1, 0.15) is 16.3 Å². The minimum Gasteiger partial charge on any atom is -0.611 e. The molecule has 9 heteroatoms. The molecular weight excluding hydrogens is 370 g/mol. The van der Waals surface area contributed by atoms with Gasteiger partial charge in [-0.25, -0.2) is 15.0 Å². The number of methoxy groups -OCH3 is 1. The third kappa shape index (κ3) is 3.23. The van der Waals surface area contributed by atoms with Crippen LogP contribution in [0, 0.1) is 0 Å². The van der Waals surface area contributed by atoms with E-state index >= 15 is 0 Å². The van der Waals surface area contributed by atoms with Gasteiger partial charge in [0.15, 0.2) is 0 Å². The highest BCUT2D eigenvalue weighted by atomic mass is 32.2. The maximum atomic E-state index is 12.6. The first-order valence-corrected chi connectivity index (χ1v) is 10.4. The van der Waals surface area contributed by atoms with Gasteiger partial charge in [-0.2, -0.15) is 0 Å². The summed E-state index contributed by atoms with van der Waals surface area (Å²) in [6, 6.07) is 2.06. The molecule has 0 radical (unpaired) electrons. The number of ether oxygens (including phenoxy) is 1. The van der Waals surface area contributed by atoms with Gasteiger partial charge in [0.25, 0.3) is 0 Å². The lowest BCUT2D eigenvalue weighted by atomic mass is 10.0. The second kappa shape index (κ2) is 6.99.